The molecule has 0 radical (unpaired) electrons. The minimum atomic E-state index is -0.379. The van der Waals surface area contributed by atoms with Crippen molar-refractivity contribution in [2.24, 2.45) is 0 Å². The number of nitrogens with zero attached hydrogens (tertiary/aromatic N) is 1. The molecule has 0 bridgehead atoms. The molecule has 2 aliphatic rings. The van der Waals surface area contributed by atoms with E-state index in [1.54, 1.807) is 0 Å². The summed E-state index contributed by atoms with van der Waals surface area (Å²) in [7, 11) is 0. The van der Waals surface area contributed by atoms with Crippen LogP contribution in [0.5, 0.6) is 0 Å². The van der Waals surface area contributed by atoms with Gasteiger partial charge in [0.25, 0.3) is 0 Å². The predicted molar refractivity (Wildman–Crippen MR) is 254 cm³/mol. The third-order valence-corrected chi connectivity index (χ3v) is 13.7. The SMILES string of the molecule is CC1(C)c2ccccc2-c2ccc(N(c3cc(-c4ccccc4)cc(-c4ccccc4)c3)c3ccc4c(c3)oc3c(C5(C)c6ccccc6-c6ccccc65)cccc34)cc21. The van der Waals surface area contributed by atoms with Crippen molar-refractivity contribution in [2.45, 2.75) is 31.6 Å². The van der Waals surface area contributed by atoms with Crippen LogP contribution in [0.15, 0.2) is 211 Å². The van der Waals surface area contributed by atoms with Crippen molar-refractivity contribution in [3.8, 4) is 44.5 Å². The Bertz CT molecular complexity index is 3250. The van der Waals surface area contributed by atoms with E-state index in [2.05, 4.69) is 232 Å². The van der Waals surface area contributed by atoms with E-state index in [0.717, 1.165) is 50.1 Å². The molecule has 1 aromatic heterocycles. The van der Waals surface area contributed by atoms with Crippen LogP contribution in [0.4, 0.5) is 17.1 Å². The molecule has 0 unspecified atom stereocenters. The maximum Gasteiger partial charge on any atom is 0.139 e. The van der Waals surface area contributed by atoms with Crippen molar-refractivity contribution in [3.05, 3.63) is 234 Å². The third kappa shape index (κ3) is 5.28. The second-order valence-corrected chi connectivity index (χ2v) is 17.4. The van der Waals surface area contributed by atoms with Crippen molar-refractivity contribution in [3.63, 3.8) is 0 Å². The Labute approximate surface area is 357 Å². The first-order valence-corrected chi connectivity index (χ1v) is 21.3. The van der Waals surface area contributed by atoms with Gasteiger partial charge in [0.2, 0.25) is 0 Å². The Morgan fingerprint density at radius 2 is 0.852 bits per heavy atom. The molecule has 0 atom stereocenters. The first kappa shape index (κ1) is 35.5. The minimum absolute atomic E-state index is 0.151. The number of benzene rings is 9. The molecule has 0 saturated heterocycles. The van der Waals surface area contributed by atoms with Crippen molar-refractivity contribution >= 4 is 39.0 Å². The van der Waals surface area contributed by atoms with Gasteiger partial charge in [0, 0.05) is 50.3 Å². The van der Waals surface area contributed by atoms with Gasteiger partial charge in [-0.05, 0) is 116 Å². The zero-order chi connectivity index (χ0) is 40.9. The van der Waals surface area contributed by atoms with Crippen LogP contribution < -0.4 is 4.90 Å². The second kappa shape index (κ2) is 13.3. The van der Waals surface area contributed by atoms with E-state index in [1.165, 1.54) is 61.2 Å². The maximum absolute atomic E-state index is 7.16. The normalized spacial score (nSPS) is 14.1. The van der Waals surface area contributed by atoms with Gasteiger partial charge >= 0.3 is 0 Å². The van der Waals surface area contributed by atoms with Crippen molar-refractivity contribution in [1.82, 2.24) is 0 Å². The van der Waals surface area contributed by atoms with Gasteiger partial charge < -0.3 is 9.32 Å². The molecule has 10 aromatic rings. The fourth-order valence-electron chi connectivity index (χ4n) is 10.7. The quantitative estimate of drug-likeness (QED) is 0.167. The van der Waals surface area contributed by atoms with Gasteiger partial charge in [0.1, 0.15) is 11.2 Å². The van der Waals surface area contributed by atoms with Gasteiger partial charge in [-0.3, -0.25) is 0 Å². The summed E-state index contributed by atoms with van der Waals surface area (Å²) in [6, 6.07) is 75.6. The molecule has 9 aromatic carbocycles. The number of hydrogen-bond acceptors (Lipinski definition) is 2. The molecule has 0 spiro atoms. The summed E-state index contributed by atoms with van der Waals surface area (Å²) in [6.45, 7) is 7.08. The molecular weight excluding hydrogens is 739 g/mol. The number of anilines is 3. The van der Waals surface area contributed by atoms with Gasteiger partial charge in [-0.2, -0.15) is 0 Å². The Kier molecular flexibility index (Phi) is 7.74. The number of furan rings is 1. The Hall–Kier alpha value is -7.42. The van der Waals surface area contributed by atoms with Crippen LogP contribution in [0.1, 0.15) is 48.6 Å². The van der Waals surface area contributed by atoms with E-state index in [0.29, 0.717) is 0 Å². The van der Waals surface area contributed by atoms with Crippen LogP contribution >= 0.6 is 0 Å². The van der Waals surface area contributed by atoms with Gasteiger partial charge in [-0.1, -0.05) is 172 Å². The van der Waals surface area contributed by atoms with Crippen LogP contribution in [-0.2, 0) is 10.8 Å². The molecule has 2 heteroatoms. The Morgan fingerprint density at radius 1 is 0.344 bits per heavy atom. The third-order valence-electron chi connectivity index (χ3n) is 13.7. The van der Waals surface area contributed by atoms with Crippen LogP contribution in [0.2, 0.25) is 0 Å². The molecular formula is C59H43NO. The van der Waals surface area contributed by atoms with Crippen molar-refractivity contribution in [1.29, 1.82) is 0 Å². The summed E-state index contributed by atoms with van der Waals surface area (Å²) < 4.78 is 7.16. The summed E-state index contributed by atoms with van der Waals surface area (Å²) >= 11 is 0. The van der Waals surface area contributed by atoms with E-state index in [-0.39, 0.29) is 10.8 Å². The molecule has 12 rings (SSSR count). The Morgan fingerprint density at radius 3 is 1.49 bits per heavy atom. The first-order chi connectivity index (χ1) is 29.9. The Balaban J connectivity index is 1.08. The standard InChI is InChI=1S/C59H43NO/c1-58(2)51-25-13-10-21-45(51)48-31-29-42(36-55(48)58)60(44-34-40(38-17-6-4-7-18-38)33-41(35-44)39-19-8-5-9-20-39)43-30-32-49-50-24-16-28-54(57(50)61-56(49)37-43)59(3)52-26-14-11-22-46(52)47-23-12-15-27-53(47)59/h4-37H,1-3H3. The van der Waals surface area contributed by atoms with E-state index in [9.17, 15) is 0 Å². The molecule has 0 fully saturated rings. The second-order valence-electron chi connectivity index (χ2n) is 17.4. The summed E-state index contributed by atoms with van der Waals surface area (Å²) in [5.41, 5.74) is 20.9. The average Bonchev–Trinajstić information content (AvgIpc) is 3.90. The lowest BCUT2D eigenvalue weighted by atomic mass is 9.74. The van der Waals surface area contributed by atoms with E-state index in [4.69, 9.17) is 4.42 Å². The highest BCUT2D eigenvalue weighted by Gasteiger charge is 2.42. The maximum atomic E-state index is 7.16. The van der Waals surface area contributed by atoms with Gasteiger partial charge in [0.05, 0.1) is 0 Å². The van der Waals surface area contributed by atoms with E-state index >= 15 is 0 Å². The lowest BCUT2D eigenvalue weighted by molar-refractivity contribution is 0.638. The highest BCUT2D eigenvalue weighted by atomic mass is 16.3. The molecule has 0 aliphatic heterocycles. The van der Waals surface area contributed by atoms with Gasteiger partial charge in [-0.15, -0.1) is 0 Å². The lowest BCUT2D eigenvalue weighted by Crippen LogP contribution is -2.22. The fourth-order valence-corrected chi connectivity index (χ4v) is 10.7. The minimum Gasteiger partial charge on any atom is -0.456 e. The van der Waals surface area contributed by atoms with E-state index in [1.807, 2.05) is 0 Å². The average molecular weight is 782 g/mol. The monoisotopic (exact) mass is 781 g/mol. The highest BCUT2D eigenvalue weighted by Crippen LogP contribution is 2.55. The smallest absolute Gasteiger partial charge is 0.139 e. The topological polar surface area (TPSA) is 16.4 Å². The number of rotatable bonds is 6. The summed E-state index contributed by atoms with van der Waals surface area (Å²) in [4.78, 5) is 2.43. The summed E-state index contributed by atoms with van der Waals surface area (Å²) in [5, 5.41) is 2.24. The summed E-state index contributed by atoms with van der Waals surface area (Å²) in [6.07, 6.45) is 0. The van der Waals surface area contributed by atoms with Crippen molar-refractivity contribution < 1.29 is 4.42 Å². The van der Waals surface area contributed by atoms with Crippen LogP contribution in [0, 0.1) is 0 Å². The summed E-state index contributed by atoms with van der Waals surface area (Å²) in [5.74, 6) is 0. The molecule has 290 valence electrons. The van der Waals surface area contributed by atoms with Crippen LogP contribution in [-0.4, -0.2) is 0 Å². The number of fused-ring (bicyclic) bond motifs is 9. The van der Waals surface area contributed by atoms with Crippen LogP contribution in [0.25, 0.3) is 66.4 Å². The molecule has 0 saturated carbocycles. The zero-order valence-corrected chi connectivity index (χ0v) is 34.5. The zero-order valence-electron chi connectivity index (χ0n) is 34.5. The van der Waals surface area contributed by atoms with Gasteiger partial charge in [-0.25, -0.2) is 0 Å². The van der Waals surface area contributed by atoms with Gasteiger partial charge in [0.15, 0.2) is 0 Å². The van der Waals surface area contributed by atoms with Crippen LogP contribution in [0.3, 0.4) is 0 Å². The molecule has 2 nitrogen and oxygen atoms in total. The first-order valence-electron chi connectivity index (χ1n) is 21.3. The molecule has 1 heterocycles. The largest absolute Gasteiger partial charge is 0.456 e. The van der Waals surface area contributed by atoms with Crippen molar-refractivity contribution in [2.75, 3.05) is 4.90 Å². The number of para-hydroxylation sites is 1. The highest BCUT2D eigenvalue weighted by molar-refractivity contribution is 6.08. The fraction of sp³-hybridized carbons (Fsp3) is 0.0847. The lowest BCUT2D eigenvalue weighted by Gasteiger charge is -2.29. The molecule has 2 aliphatic carbocycles. The number of hydrogen-bond donors (Lipinski definition) is 0. The molecule has 0 N–H and O–H groups in total. The molecule has 61 heavy (non-hydrogen) atoms. The molecule has 0 amide bonds. The van der Waals surface area contributed by atoms with E-state index < -0.39 is 0 Å². The predicted octanol–water partition coefficient (Wildman–Crippen LogP) is 16.0.